The maximum absolute atomic E-state index is 13.7. The van der Waals surface area contributed by atoms with Crippen LogP contribution in [0.25, 0.3) is 5.57 Å². The Kier molecular flexibility index (Phi) is 7.16. The SMILES string of the molecule is O=C(O)CC(O)CC(O)/C=C/C1=C(c2ccc(F)cc2)C2=C/C=C\CC=CC\2N=C1C1CC1. The zero-order valence-corrected chi connectivity index (χ0v) is 18.3. The molecule has 5 nitrogen and oxygen atoms in total. The number of halogens is 1. The van der Waals surface area contributed by atoms with Gasteiger partial charge in [0.05, 0.1) is 24.7 Å². The molecule has 4 rings (SSSR count). The van der Waals surface area contributed by atoms with E-state index >= 15 is 0 Å². The summed E-state index contributed by atoms with van der Waals surface area (Å²) in [5.41, 5.74) is 4.66. The summed E-state index contributed by atoms with van der Waals surface area (Å²) in [5, 5.41) is 29.1. The van der Waals surface area contributed by atoms with E-state index in [2.05, 4.69) is 18.2 Å². The number of dihydropyridines is 1. The average Bonchev–Trinajstić information content (AvgIpc) is 3.57. The second-order valence-electron chi connectivity index (χ2n) is 8.66. The van der Waals surface area contributed by atoms with Crippen molar-refractivity contribution in [2.75, 3.05) is 0 Å². The van der Waals surface area contributed by atoms with Gasteiger partial charge in [0, 0.05) is 23.6 Å². The second-order valence-corrected chi connectivity index (χ2v) is 8.66. The van der Waals surface area contributed by atoms with Crippen molar-refractivity contribution < 1.29 is 24.5 Å². The lowest BCUT2D eigenvalue weighted by Crippen LogP contribution is -2.22. The highest BCUT2D eigenvalue weighted by molar-refractivity contribution is 6.15. The van der Waals surface area contributed by atoms with Crippen LogP contribution in [0.2, 0.25) is 0 Å². The fraction of sp³-hybridized carbons (Fsp3) is 0.333. The monoisotopic (exact) mass is 449 g/mol. The van der Waals surface area contributed by atoms with Crippen molar-refractivity contribution in [3.8, 4) is 0 Å². The number of rotatable bonds is 8. The van der Waals surface area contributed by atoms with Crippen LogP contribution in [0.5, 0.6) is 0 Å². The number of carboxylic acid groups (broad SMARTS) is 1. The molecule has 1 fully saturated rings. The van der Waals surface area contributed by atoms with Crippen molar-refractivity contribution in [3.05, 3.63) is 89.3 Å². The summed E-state index contributed by atoms with van der Waals surface area (Å²) < 4.78 is 13.7. The van der Waals surface area contributed by atoms with E-state index in [9.17, 15) is 19.4 Å². The number of aliphatic imine (C=N–C) groups is 1. The molecule has 1 aromatic carbocycles. The van der Waals surface area contributed by atoms with Crippen LogP contribution in [0.3, 0.4) is 0 Å². The molecule has 6 heteroatoms. The Labute approximate surface area is 192 Å². The van der Waals surface area contributed by atoms with Crippen molar-refractivity contribution in [1.29, 1.82) is 0 Å². The summed E-state index contributed by atoms with van der Waals surface area (Å²) in [7, 11) is 0. The van der Waals surface area contributed by atoms with E-state index in [0.29, 0.717) is 5.92 Å². The van der Waals surface area contributed by atoms with Gasteiger partial charge in [-0.25, -0.2) is 4.39 Å². The van der Waals surface area contributed by atoms with Gasteiger partial charge in [0.25, 0.3) is 0 Å². The molecule has 0 spiro atoms. The third kappa shape index (κ3) is 5.83. The first kappa shape index (κ1) is 23.1. The fourth-order valence-corrected chi connectivity index (χ4v) is 4.22. The van der Waals surface area contributed by atoms with Gasteiger partial charge in [0.1, 0.15) is 5.82 Å². The van der Waals surface area contributed by atoms with Gasteiger partial charge in [-0.15, -0.1) is 0 Å². The predicted molar refractivity (Wildman–Crippen MR) is 126 cm³/mol. The molecule has 3 atom stereocenters. The number of aliphatic hydroxyl groups is 2. The topological polar surface area (TPSA) is 90.1 Å². The van der Waals surface area contributed by atoms with Gasteiger partial charge < -0.3 is 15.3 Å². The molecule has 0 radical (unpaired) electrons. The van der Waals surface area contributed by atoms with Crippen LogP contribution < -0.4 is 0 Å². The smallest absolute Gasteiger partial charge is 0.305 e. The van der Waals surface area contributed by atoms with E-state index in [1.165, 1.54) is 12.1 Å². The zero-order valence-electron chi connectivity index (χ0n) is 18.3. The van der Waals surface area contributed by atoms with Crippen molar-refractivity contribution in [3.63, 3.8) is 0 Å². The number of hydrogen-bond acceptors (Lipinski definition) is 4. The third-order valence-corrected chi connectivity index (χ3v) is 5.94. The highest BCUT2D eigenvalue weighted by Crippen LogP contribution is 2.43. The molecule has 2 aliphatic carbocycles. The molecule has 1 heterocycles. The molecule has 3 N–H and O–H groups in total. The van der Waals surface area contributed by atoms with Gasteiger partial charge in [0.2, 0.25) is 0 Å². The number of carboxylic acids is 1. The number of allylic oxidation sites excluding steroid dienone is 6. The summed E-state index contributed by atoms with van der Waals surface area (Å²) in [6.45, 7) is 0. The lowest BCUT2D eigenvalue weighted by molar-refractivity contribution is -0.139. The molecule has 172 valence electrons. The first-order chi connectivity index (χ1) is 15.9. The minimum Gasteiger partial charge on any atom is -0.481 e. The van der Waals surface area contributed by atoms with Crippen LogP contribution in [0.1, 0.15) is 37.7 Å². The van der Waals surface area contributed by atoms with Crippen LogP contribution in [-0.2, 0) is 4.79 Å². The maximum Gasteiger partial charge on any atom is 0.305 e. The first-order valence-electron chi connectivity index (χ1n) is 11.3. The van der Waals surface area contributed by atoms with E-state index < -0.39 is 24.6 Å². The third-order valence-electron chi connectivity index (χ3n) is 5.94. The summed E-state index contributed by atoms with van der Waals surface area (Å²) in [5.74, 6) is -1.08. The van der Waals surface area contributed by atoms with E-state index in [1.807, 2.05) is 18.2 Å². The Morgan fingerprint density at radius 3 is 2.64 bits per heavy atom. The summed E-state index contributed by atoms with van der Waals surface area (Å²) in [4.78, 5) is 15.9. The van der Waals surface area contributed by atoms with Gasteiger partial charge in [-0.05, 0) is 48.1 Å². The van der Waals surface area contributed by atoms with Gasteiger partial charge >= 0.3 is 5.97 Å². The number of carbonyl (C=O) groups is 1. The number of fused-ring (bicyclic) bond motifs is 1. The van der Waals surface area contributed by atoms with E-state index in [4.69, 9.17) is 10.1 Å². The van der Waals surface area contributed by atoms with Gasteiger partial charge in [0.15, 0.2) is 0 Å². The molecular formula is C27H28FNO4. The Bertz CT molecular complexity index is 1070. The highest BCUT2D eigenvalue weighted by Gasteiger charge is 2.35. The second kappa shape index (κ2) is 10.2. The van der Waals surface area contributed by atoms with E-state index in [-0.39, 0.29) is 18.3 Å². The quantitative estimate of drug-likeness (QED) is 0.513. The van der Waals surface area contributed by atoms with Crippen molar-refractivity contribution in [2.24, 2.45) is 10.9 Å². The van der Waals surface area contributed by atoms with Gasteiger partial charge in [-0.3, -0.25) is 9.79 Å². The average molecular weight is 450 g/mol. The molecule has 3 unspecified atom stereocenters. The van der Waals surface area contributed by atoms with Crippen LogP contribution in [-0.4, -0.2) is 45.3 Å². The zero-order chi connectivity index (χ0) is 23.4. The predicted octanol–water partition coefficient (Wildman–Crippen LogP) is 4.40. The molecular weight excluding hydrogens is 421 g/mol. The number of hydrogen-bond donors (Lipinski definition) is 3. The Morgan fingerprint density at radius 1 is 1.18 bits per heavy atom. The molecule has 0 bridgehead atoms. The summed E-state index contributed by atoms with van der Waals surface area (Å²) in [6, 6.07) is 6.25. The van der Waals surface area contributed by atoms with Crippen LogP contribution in [0.4, 0.5) is 4.39 Å². The molecule has 3 aliphatic rings. The Morgan fingerprint density at radius 2 is 1.94 bits per heavy atom. The lowest BCUT2D eigenvalue weighted by atomic mass is 9.82. The molecule has 0 amide bonds. The standard InChI is InChI=1S/C27H28FNO4/c28-19-11-9-17(10-12-19)26-22-5-3-1-2-4-6-24(22)29-27(18-7-8-18)23(26)14-13-20(30)15-21(31)16-25(32)33/h1,3-6,9-14,18,20-21,24,30-31H,2,7-8,15-16H2,(H,32,33)/b3-1-,6-4?,14-13+,22-5+. The van der Waals surface area contributed by atoms with Crippen molar-refractivity contribution in [1.82, 2.24) is 0 Å². The molecule has 0 aromatic heterocycles. The van der Waals surface area contributed by atoms with Gasteiger partial charge in [-0.2, -0.15) is 0 Å². The van der Waals surface area contributed by atoms with Crippen molar-refractivity contribution in [2.45, 2.75) is 50.4 Å². The number of benzene rings is 1. The van der Waals surface area contributed by atoms with Crippen molar-refractivity contribution >= 4 is 17.3 Å². The van der Waals surface area contributed by atoms with Gasteiger partial charge in [-0.1, -0.05) is 54.7 Å². The molecule has 1 aromatic rings. The normalized spacial score (nSPS) is 24.9. The minimum absolute atomic E-state index is 0.0747. The molecule has 1 aliphatic heterocycles. The number of aliphatic hydroxyl groups excluding tert-OH is 2. The molecule has 33 heavy (non-hydrogen) atoms. The van der Waals surface area contributed by atoms with Crippen LogP contribution >= 0.6 is 0 Å². The maximum atomic E-state index is 13.7. The summed E-state index contributed by atoms with van der Waals surface area (Å²) >= 11 is 0. The summed E-state index contributed by atoms with van der Waals surface area (Å²) in [6.07, 6.45) is 14.0. The molecule has 1 saturated carbocycles. The Hall–Kier alpha value is -3.09. The minimum atomic E-state index is -1.14. The number of aliphatic carboxylic acids is 1. The molecule has 0 saturated heterocycles. The van der Waals surface area contributed by atoms with E-state index in [1.54, 1.807) is 18.2 Å². The largest absolute Gasteiger partial charge is 0.481 e. The lowest BCUT2D eigenvalue weighted by Gasteiger charge is -2.28. The Balaban J connectivity index is 1.77. The van der Waals surface area contributed by atoms with Crippen LogP contribution in [0.15, 0.2) is 82.9 Å². The fourth-order valence-electron chi connectivity index (χ4n) is 4.22. The van der Waals surface area contributed by atoms with E-state index in [0.717, 1.165) is 47.3 Å². The van der Waals surface area contributed by atoms with Crippen LogP contribution in [0, 0.1) is 11.7 Å². The number of nitrogens with zero attached hydrogens (tertiary/aromatic N) is 1. The highest BCUT2D eigenvalue weighted by atomic mass is 19.1. The first-order valence-corrected chi connectivity index (χ1v) is 11.3.